The van der Waals surface area contributed by atoms with Crippen LogP contribution in [0.2, 0.25) is 0 Å². The highest BCUT2D eigenvalue weighted by atomic mass is 79.9. The van der Waals surface area contributed by atoms with Gasteiger partial charge in [0, 0.05) is 4.47 Å². The standard InChI is InChI=1S/C14H12BrN3O/c15-12-4-5-13-10(6-12)2-1-3-11(13)8-18-9-16-7-14(19)17-18/h1-7,9,17,19H,8H2. The minimum Gasteiger partial charge on any atom is -0.493 e. The summed E-state index contributed by atoms with van der Waals surface area (Å²) >= 11 is 3.48. The number of halogens is 1. The molecular formula is C14H12BrN3O. The van der Waals surface area contributed by atoms with E-state index in [4.69, 9.17) is 0 Å². The van der Waals surface area contributed by atoms with Gasteiger partial charge >= 0.3 is 0 Å². The summed E-state index contributed by atoms with van der Waals surface area (Å²) in [7, 11) is 0. The van der Waals surface area contributed by atoms with Crippen LogP contribution in [-0.2, 0) is 6.54 Å². The van der Waals surface area contributed by atoms with Crippen LogP contribution in [-0.4, -0.2) is 16.5 Å². The molecule has 0 saturated carbocycles. The summed E-state index contributed by atoms with van der Waals surface area (Å²) in [6.45, 7) is 0.625. The van der Waals surface area contributed by atoms with Crippen LogP contribution in [0.15, 0.2) is 57.9 Å². The summed E-state index contributed by atoms with van der Waals surface area (Å²) in [5, 5.41) is 13.5. The predicted octanol–water partition coefficient (Wildman–Crippen LogP) is 3.31. The number of rotatable bonds is 2. The molecule has 1 heterocycles. The van der Waals surface area contributed by atoms with E-state index in [2.05, 4.69) is 50.6 Å². The van der Waals surface area contributed by atoms with Crippen LogP contribution in [0.3, 0.4) is 0 Å². The highest BCUT2D eigenvalue weighted by Crippen LogP contribution is 2.23. The van der Waals surface area contributed by atoms with Gasteiger partial charge in [-0.05, 0) is 28.5 Å². The number of hydrazine groups is 1. The lowest BCUT2D eigenvalue weighted by molar-refractivity contribution is 0.241. The largest absolute Gasteiger partial charge is 0.493 e. The molecule has 0 bridgehead atoms. The number of aliphatic hydroxyl groups excluding tert-OH is 1. The second-order valence-electron chi connectivity index (χ2n) is 4.30. The van der Waals surface area contributed by atoms with E-state index in [0.29, 0.717) is 6.54 Å². The van der Waals surface area contributed by atoms with Crippen molar-refractivity contribution < 1.29 is 5.11 Å². The zero-order chi connectivity index (χ0) is 13.2. The lowest BCUT2D eigenvalue weighted by Crippen LogP contribution is -2.37. The number of fused-ring (bicyclic) bond motifs is 1. The molecule has 2 aromatic rings. The van der Waals surface area contributed by atoms with Gasteiger partial charge in [-0.2, -0.15) is 0 Å². The maximum absolute atomic E-state index is 9.40. The van der Waals surface area contributed by atoms with Crippen molar-refractivity contribution in [2.75, 3.05) is 0 Å². The summed E-state index contributed by atoms with van der Waals surface area (Å²) < 4.78 is 1.07. The van der Waals surface area contributed by atoms with Gasteiger partial charge in [-0.25, -0.2) is 4.99 Å². The summed E-state index contributed by atoms with van der Waals surface area (Å²) in [5.74, 6) is 0.0467. The molecule has 3 rings (SSSR count). The molecular weight excluding hydrogens is 306 g/mol. The Morgan fingerprint density at radius 2 is 2.16 bits per heavy atom. The van der Waals surface area contributed by atoms with E-state index in [-0.39, 0.29) is 5.88 Å². The van der Waals surface area contributed by atoms with Crippen LogP contribution in [0.4, 0.5) is 0 Å². The van der Waals surface area contributed by atoms with Gasteiger partial charge in [0.15, 0.2) is 0 Å². The molecule has 0 radical (unpaired) electrons. The van der Waals surface area contributed by atoms with Gasteiger partial charge in [-0.15, -0.1) is 0 Å². The van der Waals surface area contributed by atoms with Crippen LogP contribution in [0.1, 0.15) is 5.56 Å². The Balaban J connectivity index is 1.93. The Morgan fingerprint density at radius 3 is 3.00 bits per heavy atom. The third-order valence-corrected chi connectivity index (χ3v) is 3.43. The maximum atomic E-state index is 9.40. The van der Waals surface area contributed by atoms with Crippen LogP contribution >= 0.6 is 15.9 Å². The van der Waals surface area contributed by atoms with Gasteiger partial charge in [0.2, 0.25) is 5.88 Å². The number of hydrogen-bond acceptors (Lipinski definition) is 4. The van der Waals surface area contributed by atoms with E-state index < -0.39 is 0 Å². The first-order valence-electron chi connectivity index (χ1n) is 5.85. The number of hydrogen-bond donors (Lipinski definition) is 2. The van der Waals surface area contributed by atoms with Gasteiger partial charge < -0.3 is 5.11 Å². The second kappa shape index (κ2) is 4.93. The molecule has 19 heavy (non-hydrogen) atoms. The summed E-state index contributed by atoms with van der Waals surface area (Å²) in [6, 6.07) is 12.4. The van der Waals surface area contributed by atoms with E-state index in [1.54, 1.807) is 11.3 Å². The summed E-state index contributed by atoms with van der Waals surface area (Å²) in [6.07, 6.45) is 3.02. The molecule has 0 spiro atoms. The molecule has 0 amide bonds. The zero-order valence-electron chi connectivity index (χ0n) is 10.0. The number of nitrogens with one attached hydrogen (secondary N) is 1. The Morgan fingerprint density at radius 1 is 1.26 bits per heavy atom. The van der Waals surface area contributed by atoms with Crippen LogP contribution in [0.5, 0.6) is 0 Å². The average molecular weight is 318 g/mol. The topological polar surface area (TPSA) is 47.9 Å². The normalized spacial score (nSPS) is 14.4. The van der Waals surface area contributed by atoms with Crippen molar-refractivity contribution in [3.05, 3.63) is 58.5 Å². The molecule has 0 aromatic heterocycles. The highest BCUT2D eigenvalue weighted by molar-refractivity contribution is 9.10. The number of benzene rings is 2. The van der Waals surface area contributed by atoms with Gasteiger partial charge in [0.1, 0.15) is 6.34 Å². The lowest BCUT2D eigenvalue weighted by atomic mass is 10.0. The molecule has 0 unspecified atom stereocenters. The van der Waals surface area contributed by atoms with E-state index in [1.807, 2.05) is 12.1 Å². The van der Waals surface area contributed by atoms with Gasteiger partial charge in [-0.1, -0.05) is 40.2 Å². The Hall–Kier alpha value is -2.01. The lowest BCUT2D eigenvalue weighted by Gasteiger charge is -2.23. The molecule has 96 valence electrons. The van der Waals surface area contributed by atoms with Crippen molar-refractivity contribution in [3.8, 4) is 0 Å². The van der Waals surface area contributed by atoms with Crippen LogP contribution < -0.4 is 5.43 Å². The number of aliphatic hydroxyl groups is 1. The van der Waals surface area contributed by atoms with Crippen molar-refractivity contribution >= 4 is 33.0 Å². The molecule has 1 aliphatic heterocycles. The highest BCUT2D eigenvalue weighted by Gasteiger charge is 2.09. The SMILES string of the molecule is OC1=CN=CN(Cc2cccc3cc(Br)ccc23)N1. The molecule has 0 saturated heterocycles. The second-order valence-corrected chi connectivity index (χ2v) is 5.22. The average Bonchev–Trinajstić information content (AvgIpc) is 2.38. The fourth-order valence-corrected chi connectivity index (χ4v) is 2.49. The molecule has 0 atom stereocenters. The van der Waals surface area contributed by atoms with Crippen molar-refractivity contribution in [1.82, 2.24) is 10.4 Å². The monoisotopic (exact) mass is 317 g/mol. The Kier molecular flexibility index (Phi) is 3.13. The third-order valence-electron chi connectivity index (χ3n) is 2.93. The molecule has 4 nitrogen and oxygen atoms in total. The fraction of sp³-hybridized carbons (Fsp3) is 0.0714. The van der Waals surface area contributed by atoms with Crippen molar-refractivity contribution in [2.24, 2.45) is 4.99 Å². The van der Waals surface area contributed by atoms with Crippen molar-refractivity contribution in [3.63, 3.8) is 0 Å². The third kappa shape index (κ3) is 2.56. The summed E-state index contributed by atoms with van der Waals surface area (Å²) in [4.78, 5) is 3.95. The molecule has 0 fully saturated rings. The minimum atomic E-state index is 0.0467. The summed E-state index contributed by atoms with van der Waals surface area (Å²) in [5.41, 5.74) is 4.00. The van der Waals surface area contributed by atoms with Crippen molar-refractivity contribution in [1.29, 1.82) is 0 Å². The number of aliphatic imine (C=N–C) groups is 1. The van der Waals surface area contributed by atoms with Gasteiger partial charge in [-0.3, -0.25) is 10.4 Å². The molecule has 5 heteroatoms. The number of nitrogens with zero attached hydrogens (tertiary/aromatic N) is 2. The molecule has 2 N–H and O–H groups in total. The van der Waals surface area contributed by atoms with E-state index in [0.717, 1.165) is 4.47 Å². The van der Waals surface area contributed by atoms with E-state index in [1.165, 1.54) is 22.5 Å². The van der Waals surface area contributed by atoms with Crippen LogP contribution in [0.25, 0.3) is 10.8 Å². The van der Waals surface area contributed by atoms with E-state index in [9.17, 15) is 5.11 Å². The first-order valence-corrected chi connectivity index (χ1v) is 6.64. The fourth-order valence-electron chi connectivity index (χ4n) is 2.11. The quantitative estimate of drug-likeness (QED) is 0.893. The van der Waals surface area contributed by atoms with Crippen molar-refractivity contribution in [2.45, 2.75) is 6.54 Å². The van der Waals surface area contributed by atoms with Crippen LogP contribution in [0, 0.1) is 0 Å². The predicted molar refractivity (Wildman–Crippen MR) is 79.5 cm³/mol. The molecule has 1 aliphatic rings. The first-order chi connectivity index (χ1) is 9.22. The molecule has 2 aromatic carbocycles. The minimum absolute atomic E-state index is 0.0467. The van der Waals surface area contributed by atoms with E-state index >= 15 is 0 Å². The van der Waals surface area contributed by atoms with Gasteiger partial charge in [0.25, 0.3) is 0 Å². The maximum Gasteiger partial charge on any atom is 0.222 e. The van der Waals surface area contributed by atoms with Gasteiger partial charge in [0.05, 0.1) is 12.7 Å². The Labute approximate surface area is 119 Å². The molecule has 0 aliphatic carbocycles. The first kappa shape index (κ1) is 12.0. The zero-order valence-corrected chi connectivity index (χ0v) is 11.6. The smallest absolute Gasteiger partial charge is 0.222 e. The Bertz CT molecular complexity index is 681.